The molecule has 0 aliphatic rings. The highest BCUT2D eigenvalue weighted by molar-refractivity contribution is 6.31. The van der Waals surface area contributed by atoms with Crippen LogP contribution in [-0.4, -0.2) is 34.3 Å². The summed E-state index contributed by atoms with van der Waals surface area (Å²) in [7, 11) is 0. The van der Waals surface area contributed by atoms with Crippen molar-refractivity contribution in [1.82, 2.24) is 4.90 Å². The number of rotatable bonds is 3. The van der Waals surface area contributed by atoms with Gasteiger partial charge in [-0.1, -0.05) is 23.7 Å². The molecule has 0 spiro atoms. The number of amides is 1. The van der Waals surface area contributed by atoms with E-state index in [0.717, 1.165) is 0 Å². The van der Waals surface area contributed by atoms with Gasteiger partial charge in [0.2, 0.25) is 0 Å². The molecule has 0 bridgehead atoms. The number of alkyl halides is 3. The second-order valence-corrected chi connectivity index (χ2v) is 6.33. The summed E-state index contributed by atoms with van der Waals surface area (Å²) in [5.74, 6) is -2.64. The van der Waals surface area contributed by atoms with Crippen LogP contribution >= 0.6 is 11.6 Å². The Morgan fingerprint density at radius 2 is 1.73 bits per heavy atom. The number of hydrogen-bond donors (Lipinski definition) is 0. The third-order valence-corrected chi connectivity index (χ3v) is 3.29. The lowest BCUT2D eigenvalue weighted by atomic mass is 9.97. The summed E-state index contributed by atoms with van der Waals surface area (Å²) in [6.07, 6.45) is -5.05. The summed E-state index contributed by atoms with van der Waals surface area (Å²) < 4.78 is 38.4. The van der Waals surface area contributed by atoms with Gasteiger partial charge in [0.25, 0.3) is 0 Å². The van der Waals surface area contributed by atoms with Crippen LogP contribution in [0.25, 0.3) is 0 Å². The molecular weight excluding hydrogens is 319 g/mol. The lowest BCUT2D eigenvalue weighted by Crippen LogP contribution is -2.57. The fraction of sp³-hybridized carbons (Fsp3) is 0.467. The first-order valence-corrected chi connectivity index (χ1v) is 6.93. The minimum Gasteiger partial charge on any atom is -0.320 e. The first-order valence-electron chi connectivity index (χ1n) is 6.56. The second kappa shape index (κ2) is 6.28. The summed E-state index contributed by atoms with van der Waals surface area (Å²) in [4.78, 5) is 24.6. The second-order valence-electron chi connectivity index (χ2n) is 5.89. The van der Waals surface area contributed by atoms with Gasteiger partial charge in [0, 0.05) is 16.1 Å². The predicted molar refractivity (Wildman–Crippen MR) is 77.9 cm³/mol. The molecule has 1 rings (SSSR count). The maximum Gasteiger partial charge on any atom is 0.471 e. The molecule has 1 amide bonds. The molecule has 0 radical (unpaired) electrons. The molecule has 0 aromatic heterocycles. The first-order chi connectivity index (χ1) is 9.85. The van der Waals surface area contributed by atoms with E-state index >= 15 is 0 Å². The topological polar surface area (TPSA) is 37.4 Å². The van der Waals surface area contributed by atoms with Crippen molar-refractivity contribution in [1.29, 1.82) is 0 Å². The molecule has 0 heterocycles. The Balaban J connectivity index is 3.21. The Morgan fingerprint density at radius 3 is 2.14 bits per heavy atom. The van der Waals surface area contributed by atoms with Crippen molar-refractivity contribution in [3.05, 3.63) is 34.9 Å². The van der Waals surface area contributed by atoms with Crippen molar-refractivity contribution in [3.63, 3.8) is 0 Å². The van der Waals surface area contributed by atoms with E-state index in [9.17, 15) is 22.8 Å². The number of hydrogen-bond acceptors (Lipinski definition) is 2. The Bertz CT molecular complexity index is 579. The number of ketones is 1. The quantitative estimate of drug-likeness (QED) is 0.780. The molecule has 7 heteroatoms. The van der Waals surface area contributed by atoms with Gasteiger partial charge in [-0.3, -0.25) is 9.59 Å². The zero-order valence-corrected chi connectivity index (χ0v) is 13.4. The minimum atomic E-state index is -5.05. The maximum absolute atomic E-state index is 12.8. The van der Waals surface area contributed by atoms with E-state index in [2.05, 4.69) is 0 Å². The van der Waals surface area contributed by atoms with Crippen molar-refractivity contribution in [2.24, 2.45) is 0 Å². The van der Waals surface area contributed by atoms with Gasteiger partial charge in [-0.05, 0) is 39.8 Å². The van der Waals surface area contributed by atoms with Gasteiger partial charge in [0.1, 0.15) is 0 Å². The highest BCUT2D eigenvalue weighted by atomic mass is 35.5. The van der Waals surface area contributed by atoms with E-state index in [0.29, 0.717) is 9.92 Å². The molecule has 22 heavy (non-hydrogen) atoms. The van der Waals surface area contributed by atoms with Gasteiger partial charge in [-0.15, -0.1) is 0 Å². The van der Waals surface area contributed by atoms with E-state index in [-0.39, 0.29) is 5.56 Å². The molecule has 1 unspecified atom stereocenters. The summed E-state index contributed by atoms with van der Waals surface area (Å²) in [6.45, 7) is 5.60. The summed E-state index contributed by atoms with van der Waals surface area (Å²) in [5.41, 5.74) is -1.01. The van der Waals surface area contributed by atoms with Crippen LogP contribution < -0.4 is 0 Å². The lowest BCUT2D eigenvalue weighted by Gasteiger charge is -2.39. The van der Waals surface area contributed by atoms with Crippen LogP contribution in [0.15, 0.2) is 24.3 Å². The number of halogens is 4. The molecule has 0 saturated heterocycles. The zero-order valence-electron chi connectivity index (χ0n) is 12.7. The lowest BCUT2D eigenvalue weighted by molar-refractivity contribution is -0.191. The monoisotopic (exact) mass is 335 g/mol. The summed E-state index contributed by atoms with van der Waals surface area (Å²) >= 11 is 5.79. The van der Waals surface area contributed by atoms with Crippen LogP contribution in [0.3, 0.4) is 0 Å². The first kappa shape index (κ1) is 18.5. The summed E-state index contributed by atoms with van der Waals surface area (Å²) in [5, 5.41) is 0.294. The minimum absolute atomic E-state index is 0.157. The Morgan fingerprint density at radius 1 is 1.18 bits per heavy atom. The summed E-state index contributed by atoms with van der Waals surface area (Å²) in [6, 6.07) is 4.61. The highest BCUT2D eigenvalue weighted by Gasteiger charge is 2.48. The van der Waals surface area contributed by atoms with Crippen molar-refractivity contribution in [2.75, 3.05) is 0 Å². The fourth-order valence-electron chi connectivity index (χ4n) is 2.20. The van der Waals surface area contributed by atoms with Crippen molar-refractivity contribution in [2.45, 2.75) is 45.5 Å². The van der Waals surface area contributed by atoms with Gasteiger partial charge in [0.15, 0.2) is 5.78 Å². The van der Waals surface area contributed by atoms with Crippen molar-refractivity contribution in [3.8, 4) is 0 Å². The molecule has 1 aromatic rings. The number of Topliss-reactive ketones (excluding diaryl/α,β-unsaturated/α-hetero) is 1. The van der Waals surface area contributed by atoms with Gasteiger partial charge in [-0.2, -0.15) is 13.2 Å². The highest BCUT2D eigenvalue weighted by Crippen LogP contribution is 2.28. The molecule has 0 saturated carbocycles. The van der Waals surface area contributed by atoms with Gasteiger partial charge in [-0.25, -0.2) is 0 Å². The van der Waals surface area contributed by atoms with Crippen LogP contribution in [0.1, 0.15) is 38.1 Å². The third-order valence-electron chi connectivity index (χ3n) is 3.06. The fourth-order valence-corrected chi connectivity index (χ4v) is 2.39. The van der Waals surface area contributed by atoms with Gasteiger partial charge >= 0.3 is 12.1 Å². The van der Waals surface area contributed by atoms with Crippen LogP contribution in [0.4, 0.5) is 13.2 Å². The van der Waals surface area contributed by atoms with Gasteiger partial charge in [0.05, 0.1) is 6.04 Å². The number of carbonyl (C=O) groups is 2. The van der Waals surface area contributed by atoms with Crippen molar-refractivity contribution >= 4 is 23.3 Å². The molecular formula is C15H17ClF3NO2. The molecule has 0 N–H and O–H groups in total. The van der Waals surface area contributed by atoms with Crippen LogP contribution in [0.2, 0.25) is 5.02 Å². The molecule has 1 atom stereocenters. The molecule has 0 aliphatic heterocycles. The van der Waals surface area contributed by atoms with Crippen LogP contribution in [0, 0.1) is 0 Å². The molecule has 0 aliphatic carbocycles. The predicted octanol–water partition coefficient (Wildman–Crippen LogP) is 4.10. The number of benzene rings is 1. The maximum atomic E-state index is 12.8. The van der Waals surface area contributed by atoms with E-state index in [1.165, 1.54) is 45.9 Å². The van der Waals surface area contributed by atoms with Crippen LogP contribution in [-0.2, 0) is 4.79 Å². The Hall–Kier alpha value is -1.56. The number of nitrogens with zero attached hydrogens (tertiary/aromatic N) is 1. The van der Waals surface area contributed by atoms with Crippen LogP contribution in [0.5, 0.6) is 0 Å². The zero-order chi connectivity index (χ0) is 17.3. The van der Waals surface area contributed by atoms with Gasteiger partial charge < -0.3 is 4.90 Å². The van der Waals surface area contributed by atoms with E-state index in [4.69, 9.17) is 11.6 Å². The smallest absolute Gasteiger partial charge is 0.320 e. The average molecular weight is 336 g/mol. The number of carbonyl (C=O) groups excluding carboxylic acids is 2. The average Bonchev–Trinajstić information content (AvgIpc) is 2.35. The van der Waals surface area contributed by atoms with E-state index in [1.54, 1.807) is 6.07 Å². The molecule has 1 aromatic carbocycles. The van der Waals surface area contributed by atoms with Crippen molar-refractivity contribution < 1.29 is 22.8 Å². The Labute approximate surface area is 132 Å². The SMILES string of the molecule is CC(C(=O)c1cccc(Cl)c1)N(C(=O)C(F)(F)F)C(C)(C)C. The molecule has 0 fully saturated rings. The Kier molecular flexibility index (Phi) is 5.28. The standard InChI is InChI=1S/C15H17ClF3NO2/c1-9(12(21)10-6-5-7-11(16)8-10)20(14(2,3)4)13(22)15(17,18)19/h5-9H,1-4H3. The largest absolute Gasteiger partial charge is 0.471 e. The molecule has 3 nitrogen and oxygen atoms in total. The normalized spacial score (nSPS) is 13.6. The van der Waals surface area contributed by atoms with E-state index in [1.807, 2.05) is 0 Å². The van der Waals surface area contributed by atoms with E-state index < -0.39 is 29.4 Å². The third kappa shape index (κ3) is 4.22. The molecule has 122 valence electrons.